The normalized spacial score (nSPS) is 13.8. The molecule has 0 aromatic heterocycles. The summed E-state index contributed by atoms with van der Waals surface area (Å²) in [7, 11) is 0. The summed E-state index contributed by atoms with van der Waals surface area (Å²) in [6.45, 7) is 2.18. The van der Waals surface area contributed by atoms with Gasteiger partial charge in [-0.15, -0.1) is 0 Å². The summed E-state index contributed by atoms with van der Waals surface area (Å²) in [5.74, 6) is 5.35. The van der Waals surface area contributed by atoms with Crippen LogP contribution in [-0.4, -0.2) is 12.2 Å². The number of halogens is 3. The van der Waals surface area contributed by atoms with E-state index < -0.39 is 12.6 Å². The Morgan fingerprint density at radius 2 is 1.50 bits per heavy atom. The van der Waals surface area contributed by atoms with Gasteiger partial charge >= 0.3 is 6.18 Å². The van der Waals surface area contributed by atoms with E-state index in [0.717, 1.165) is 19.3 Å². The first-order valence-electron chi connectivity index (χ1n) is 7.02. The Bertz CT molecular complexity index is 184. The van der Waals surface area contributed by atoms with E-state index in [1.165, 1.54) is 25.7 Å². The van der Waals surface area contributed by atoms with Crippen LogP contribution in [0.4, 0.5) is 13.2 Å². The molecule has 0 aliphatic rings. The van der Waals surface area contributed by atoms with Crippen LogP contribution in [0.5, 0.6) is 0 Å². The van der Waals surface area contributed by atoms with E-state index in [4.69, 9.17) is 5.84 Å². The van der Waals surface area contributed by atoms with E-state index in [1.807, 2.05) is 0 Å². The molecule has 0 bridgehead atoms. The highest BCUT2D eigenvalue weighted by Crippen LogP contribution is 2.23. The summed E-state index contributed by atoms with van der Waals surface area (Å²) in [6, 6.07) is 0.0264. The van der Waals surface area contributed by atoms with Gasteiger partial charge in [0.1, 0.15) is 0 Å². The van der Waals surface area contributed by atoms with Crippen molar-refractivity contribution in [2.45, 2.75) is 83.4 Å². The summed E-state index contributed by atoms with van der Waals surface area (Å²) >= 11 is 0. The quantitative estimate of drug-likeness (QED) is 0.333. The second kappa shape index (κ2) is 10.6. The van der Waals surface area contributed by atoms with Crippen LogP contribution in [0, 0.1) is 0 Å². The van der Waals surface area contributed by atoms with Crippen LogP contribution in [0.3, 0.4) is 0 Å². The zero-order chi connectivity index (χ0) is 13.9. The van der Waals surface area contributed by atoms with Crippen molar-refractivity contribution in [2.24, 2.45) is 5.84 Å². The van der Waals surface area contributed by atoms with Gasteiger partial charge in [-0.2, -0.15) is 13.2 Å². The molecule has 0 amide bonds. The average molecular weight is 268 g/mol. The number of alkyl halides is 3. The zero-order valence-corrected chi connectivity index (χ0v) is 11.4. The van der Waals surface area contributed by atoms with Gasteiger partial charge in [-0.25, -0.2) is 0 Å². The summed E-state index contributed by atoms with van der Waals surface area (Å²) in [5, 5.41) is 0. The SMILES string of the molecule is CCCCCCCCC(CCCC(F)(F)F)NN. The second-order valence-electron chi connectivity index (χ2n) is 4.93. The Kier molecular flexibility index (Phi) is 10.4. The van der Waals surface area contributed by atoms with Crippen molar-refractivity contribution in [3.63, 3.8) is 0 Å². The molecule has 0 saturated carbocycles. The van der Waals surface area contributed by atoms with Crippen molar-refractivity contribution in [1.29, 1.82) is 0 Å². The summed E-state index contributed by atoms with van der Waals surface area (Å²) in [6.07, 6.45) is 3.95. The third-order valence-corrected chi connectivity index (χ3v) is 3.15. The number of nitrogens with one attached hydrogen (secondary N) is 1. The molecule has 0 spiro atoms. The lowest BCUT2D eigenvalue weighted by atomic mass is 10.0. The predicted octanol–water partition coefficient (Wildman–Crippen LogP) is 4.30. The molecule has 0 saturated heterocycles. The lowest BCUT2D eigenvalue weighted by molar-refractivity contribution is -0.135. The second-order valence-corrected chi connectivity index (χ2v) is 4.93. The predicted molar refractivity (Wildman–Crippen MR) is 69.0 cm³/mol. The smallest absolute Gasteiger partial charge is 0.271 e. The van der Waals surface area contributed by atoms with Crippen LogP contribution >= 0.6 is 0 Å². The molecule has 110 valence electrons. The standard InChI is InChI=1S/C13H27F3N2/c1-2-3-4-5-6-7-9-12(18-17)10-8-11-13(14,15)16/h12,18H,2-11,17H2,1H3. The fourth-order valence-corrected chi connectivity index (χ4v) is 2.03. The Morgan fingerprint density at radius 3 is 2.06 bits per heavy atom. The Hall–Kier alpha value is -0.290. The van der Waals surface area contributed by atoms with Crippen molar-refractivity contribution in [3.05, 3.63) is 0 Å². The van der Waals surface area contributed by atoms with Crippen molar-refractivity contribution in [3.8, 4) is 0 Å². The maximum atomic E-state index is 12.0. The first kappa shape index (κ1) is 17.7. The van der Waals surface area contributed by atoms with Gasteiger partial charge < -0.3 is 0 Å². The average Bonchev–Trinajstić information content (AvgIpc) is 2.29. The van der Waals surface area contributed by atoms with Crippen molar-refractivity contribution < 1.29 is 13.2 Å². The molecule has 0 aliphatic heterocycles. The maximum absolute atomic E-state index is 12.0. The van der Waals surface area contributed by atoms with Gasteiger partial charge in [0.2, 0.25) is 0 Å². The first-order valence-corrected chi connectivity index (χ1v) is 7.02. The maximum Gasteiger partial charge on any atom is 0.389 e. The van der Waals surface area contributed by atoms with Gasteiger partial charge in [0, 0.05) is 12.5 Å². The largest absolute Gasteiger partial charge is 0.389 e. The van der Waals surface area contributed by atoms with Gasteiger partial charge in [0.05, 0.1) is 0 Å². The number of unbranched alkanes of at least 4 members (excludes halogenated alkanes) is 5. The lowest BCUT2D eigenvalue weighted by Crippen LogP contribution is -2.35. The molecule has 0 fully saturated rings. The fraction of sp³-hybridized carbons (Fsp3) is 1.00. The van der Waals surface area contributed by atoms with E-state index in [2.05, 4.69) is 12.3 Å². The van der Waals surface area contributed by atoms with Gasteiger partial charge in [-0.3, -0.25) is 11.3 Å². The van der Waals surface area contributed by atoms with Crippen LogP contribution in [0.1, 0.15) is 71.1 Å². The van der Waals surface area contributed by atoms with E-state index in [9.17, 15) is 13.2 Å². The molecule has 2 nitrogen and oxygen atoms in total. The lowest BCUT2D eigenvalue weighted by Gasteiger charge is -2.16. The van der Waals surface area contributed by atoms with Gasteiger partial charge in [0.15, 0.2) is 0 Å². The first-order chi connectivity index (χ1) is 8.49. The van der Waals surface area contributed by atoms with E-state index >= 15 is 0 Å². The van der Waals surface area contributed by atoms with Gasteiger partial charge in [0.25, 0.3) is 0 Å². The molecular weight excluding hydrogens is 241 g/mol. The van der Waals surface area contributed by atoms with Crippen LogP contribution in [0.25, 0.3) is 0 Å². The minimum absolute atomic E-state index is 0.0264. The molecule has 0 radical (unpaired) electrons. The Balaban J connectivity index is 3.47. The van der Waals surface area contributed by atoms with Crippen molar-refractivity contribution in [2.75, 3.05) is 0 Å². The highest BCUT2D eigenvalue weighted by atomic mass is 19.4. The molecule has 1 unspecified atom stereocenters. The zero-order valence-electron chi connectivity index (χ0n) is 11.4. The van der Waals surface area contributed by atoms with Gasteiger partial charge in [-0.05, 0) is 19.3 Å². The molecule has 3 N–H and O–H groups in total. The van der Waals surface area contributed by atoms with E-state index in [1.54, 1.807) is 0 Å². The molecule has 0 heterocycles. The molecule has 1 atom stereocenters. The highest BCUT2D eigenvalue weighted by molar-refractivity contribution is 4.65. The molecular formula is C13H27F3N2. The van der Waals surface area contributed by atoms with Crippen LogP contribution in [-0.2, 0) is 0 Å². The molecule has 0 aromatic carbocycles. The van der Waals surface area contributed by atoms with Crippen molar-refractivity contribution >= 4 is 0 Å². The van der Waals surface area contributed by atoms with Crippen molar-refractivity contribution in [1.82, 2.24) is 5.43 Å². The Morgan fingerprint density at radius 1 is 0.944 bits per heavy atom. The summed E-state index contributed by atoms with van der Waals surface area (Å²) in [4.78, 5) is 0. The molecule has 18 heavy (non-hydrogen) atoms. The van der Waals surface area contributed by atoms with Crippen LogP contribution in [0.2, 0.25) is 0 Å². The molecule has 0 rings (SSSR count). The highest BCUT2D eigenvalue weighted by Gasteiger charge is 2.26. The summed E-state index contributed by atoms with van der Waals surface area (Å²) in [5.41, 5.74) is 2.62. The third kappa shape index (κ3) is 12.2. The number of hydrogen-bond acceptors (Lipinski definition) is 2. The number of hydrazine groups is 1. The monoisotopic (exact) mass is 268 g/mol. The molecule has 5 heteroatoms. The molecule has 0 aliphatic carbocycles. The molecule has 0 aromatic rings. The number of rotatable bonds is 11. The van der Waals surface area contributed by atoms with E-state index in [-0.39, 0.29) is 12.5 Å². The van der Waals surface area contributed by atoms with Crippen LogP contribution < -0.4 is 11.3 Å². The summed E-state index contributed by atoms with van der Waals surface area (Å²) < 4.78 is 35.9. The Labute approximate surface area is 108 Å². The minimum Gasteiger partial charge on any atom is -0.271 e. The minimum atomic E-state index is -4.04. The van der Waals surface area contributed by atoms with Gasteiger partial charge in [-0.1, -0.05) is 45.4 Å². The number of hydrogen-bond donors (Lipinski definition) is 2. The topological polar surface area (TPSA) is 38.0 Å². The third-order valence-electron chi connectivity index (χ3n) is 3.15. The number of nitrogens with two attached hydrogens (primary N) is 1. The van der Waals surface area contributed by atoms with Crippen LogP contribution in [0.15, 0.2) is 0 Å². The fourth-order valence-electron chi connectivity index (χ4n) is 2.03. The van der Waals surface area contributed by atoms with E-state index in [0.29, 0.717) is 6.42 Å².